The number of ether oxygens (including phenoxy) is 1. The maximum atomic E-state index is 12.7. The van der Waals surface area contributed by atoms with Crippen LogP contribution in [0.25, 0.3) is 21.9 Å². The fraction of sp³-hybridized carbons (Fsp3) is 0.217. The molecule has 29 heavy (non-hydrogen) atoms. The molecule has 6 heteroatoms. The van der Waals surface area contributed by atoms with Crippen molar-refractivity contribution in [3.05, 3.63) is 65.8 Å². The Morgan fingerprint density at radius 3 is 2.62 bits per heavy atom. The van der Waals surface area contributed by atoms with Gasteiger partial charge in [-0.25, -0.2) is 4.98 Å². The molecule has 5 rings (SSSR count). The van der Waals surface area contributed by atoms with Gasteiger partial charge in [0.05, 0.1) is 10.9 Å². The summed E-state index contributed by atoms with van der Waals surface area (Å²) in [6.45, 7) is 1.53. The number of para-hydroxylation sites is 1. The van der Waals surface area contributed by atoms with Crippen LogP contribution in [-0.4, -0.2) is 24.0 Å². The Kier molecular flexibility index (Phi) is 4.60. The van der Waals surface area contributed by atoms with E-state index in [0.717, 1.165) is 53.7 Å². The summed E-state index contributed by atoms with van der Waals surface area (Å²) in [5.41, 5.74) is 1.61. The SMILES string of the molecule is O=C(Oc1ccc2oc3ccccc3c2c1)C1CCN(c2ccc(Cl)cn2)CC1. The normalized spacial score (nSPS) is 15.1. The third-order valence-corrected chi connectivity index (χ3v) is 5.65. The monoisotopic (exact) mass is 406 g/mol. The zero-order chi connectivity index (χ0) is 19.8. The van der Waals surface area contributed by atoms with Crippen LogP contribution in [0.15, 0.2) is 65.2 Å². The Hall–Kier alpha value is -3.05. The van der Waals surface area contributed by atoms with Gasteiger partial charge in [-0.3, -0.25) is 4.79 Å². The molecular formula is C23H19ClN2O3. The van der Waals surface area contributed by atoms with E-state index in [9.17, 15) is 4.79 Å². The fourth-order valence-electron chi connectivity index (χ4n) is 3.87. The van der Waals surface area contributed by atoms with Crippen LogP contribution < -0.4 is 9.64 Å². The summed E-state index contributed by atoms with van der Waals surface area (Å²) >= 11 is 5.91. The highest BCUT2D eigenvalue weighted by Gasteiger charge is 2.27. The number of piperidine rings is 1. The van der Waals surface area contributed by atoms with E-state index >= 15 is 0 Å². The summed E-state index contributed by atoms with van der Waals surface area (Å²) in [7, 11) is 0. The number of carbonyl (C=O) groups excluding carboxylic acids is 1. The van der Waals surface area contributed by atoms with Gasteiger partial charge in [-0.1, -0.05) is 29.8 Å². The van der Waals surface area contributed by atoms with Gasteiger partial charge in [-0.15, -0.1) is 0 Å². The summed E-state index contributed by atoms with van der Waals surface area (Å²) in [6.07, 6.45) is 3.12. The van der Waals surface area contributed by atoms with Crippen molar-refractivity contribution in [2.24, 2.45) is 5.92 Å². The molecule has 4 aromatic rings. The van der Waals surface area contributed by atoms with Crippen LogP contribution in [0.4, 0.5) is 5.82 Å². The molecule has 1 fully saturated rings. The molecule has 1 aliphatic rings. The number of rotatable bonds is 3. The van der Waals surface area contributed by atoms with E-state index in [0.29, 0.717) is 10.8 Å². The lowest BCUT2D eigenvalue weighted by Crippen LogP contribution is -2.38. The van der Waals surface area contributed by atoms with Crippen molar-refractivity contribution in [3.8, 4) is 5.75 Å². The lowest BCUT2D eigenvalue weighted by molar-refractivity contribution is -0.139. The van der Waals surface area contributed by atoms with Gasteiger partial charge in [-0.05, 0) is 49.2 Å². The molecule has 5 nitrogen and oxygen atoms in total. The average molecular weight is 407 g/mol. The molecule has 146 valence electrons. The minimum absolute atomic E-state index is 0.115. The highest BCUT2D eigenvalue weighted by molar-refractivity contribution is 6.30. The first-order valence-electron chi connectivity index (χ1n) is 9.67. The summed E-state index contributed by atoms with van der Waals surface area (Å²) in [6, 6.07) is 17.1. The van der Waals surface area contributed by atoms with E-state index in [2.05, 4.69) is 9.88 Å². The van der Waals surface area contributed by atoms with Crippen molar-refractivity contribution < 1.29 is 13.9 Å². The number of benzene rings is 2. The second-order valence-electron chi connectivity index (χ2n) is 7.27. The third kappa shape index (κ3) is 3.54. The first kappa shape index (κ1) is 18.0. The van der Waals surface area contributed by atoms with Crippen LogP contribution >= 0.6 is 11.6 Å². The average Bonchev–Trinajstić information content (AvgIpc) is 3.12. The van der Waals surface area contributed by atoms with E-state index < -0.39 is 0 Å². The Bertz CT molecular complexity index is 1180. The maximum Gasteiger partial charge on any atom is 0.314 e. The quantitative estimate of drug-likeness (QED) is 0.334. The van der Waals surface area contributed by atoms with Crippen molar-refractivity contribution in [3.63, 3.8) is 0 Å². The van der Waals surface area contributed by atoms with E-state index in [1.54, 1.807) is 12.3 Å². The van der Waals surface area contributed by atoms with E-state index in [1.165, 1.54) is 0 Å². The van der Waals surface area contributed by atoms with Gasteiger partial charge in [0, 0.05) is 30.1 Å². The molecule has 0 amide bonds. The Balaban J connectivity index is 1.27. The number of nitrogens with zero attached hydrogens (tertiary/aromatic N) is 2. The number of fused-ring (bicyclic) bond motifs is 3. The molecule has 1 saturated heterocycles. The maximum absolute atomic E-state index is 12.7. The van der Waals surface area contributed by atoms with Crippen LogP contribution in [0.2, 0.25) is 5.02 Å². The predicted octanol–water partition coefficient (Wildman–Crippen LogP) is 5.46. The number of aromatic nitrogens is 1. The molecule has 2 aromatic heterocycles. The Morgan fingerprint density at radius 1 is 1.03 bits per heavy atom. The highest BCUT2D eigenvalue weighted by Crippen LogP contribution is 2.32. The van der Waals surface area contributed by atoms with Crippen molar-refractivity contribution in [2.75, 3.05) is 18.0 Å². The number of pyridine rings is 1. The predicted molar refractivity (Wildman–Crippen MR) is 114 cm³/mol. The minimum atomic E-state index is -0.180. The molecule has 2 aromatic carbocycles. The number of furan rings is 1. The van der Waals surface area contributed by atoms with Gasteiger partial charge in [0.15, 0.2) is 0 Å². The Morgan fingerprint density at radius 2 is 1.83 bits per heavy atom. The highest BCUT2D eigenvalue weighted by atomic mass is 35.5. The number of hydrogen-bond acceptors (Lipinski definition) is 5. The first-order valence-corrected chi connectivity index (χ1v) is 10.0. The fourth-order valence-corrected chi connectivity index (χ4v) is 3.98. The molecule has 1 aliphatic heterocycles. The van der Waals surface area contributed by atoms with Gasteiger partial charge in [-0.2, -0.15) is 0 Å². The third-order valence-electron chi connectivity index (χ3n) is 5.43. The molecule has 0 spiro atoms. The first-order chi connectivity index (χ1) is 14.2. The van der Waals surface area contributed by atoms with Gasteiger partial charge >= 0.3 is 5.97 Å². The number of carbonyl (C=O) groups is 1. The molecule has 3 heterocycles. The van der Waals surface area contributed by atoms with E-state index in [4.69, 9.17) is 20.8 Å². The topological polar surface area (TPSA) is 55.6 Å². The largest absolute Gasteiger partial charge is 0.456 e. The number of esters is 1. The van der Waals surface area contributed by atoms with E-state index in [-0.39, 0.29) is 11.9 Å². The van der Waals surface area contributed by atoms with Crippen molar-refractivity contribution >= 4 is 45.3 Å². The van der Waals surface area contributed by atoms with Gasteiger partial charge < -0.3 is 14.1 Å². The number of halogens is 1. The molecule has 0 atom stereocenters. The number of anilines is 1. The Labute approximate surface area is 172 Å². The zero-order valence-electron chi connectivity index (χ0n) is 15.7. The molecule has 0 N–H and O–H groups in total. The van der Waals surface area contributed by atoms with Crippen LogP contribution in [0.5, 0.6) is 5.75 Å². The molecule has 0 saturated carbocycles. The van der Waals surface area contributed by atoms with Gasteiger partial charge in [0.2, 0.25) is 0 Å². The smallest absolute Gasteiger partial charge is 0.314 e. The van der Waals surface area contributed by atoms with Crippen molar-refractivity contribution in [1.29, 1.82) is 0 Å². The lowest BCUT2D eigenvalue weighted by Gasteiger charge is -2.31. The van der Waals surface area contributed by atoms with E-state index in [1.807, 2.05) is 48.5 Å². The van der Waals surface area contributed by atoms with Crippen LogP contribution in [0.3, 0.4) is 0 Å². The van der Waals surface area contributed by atoms with Gasteiger partial charge in [0.25, 0.3) is 0 Å². The lowest BCUT2D eigenvalue weighted by atomic mass is 9.97. The molecule has 0 aliphatic carbocycles. The molecular weight excluding hydrogens is 388 g/mol. The van der Waals surface area contributed by atoms with Crippen LogP contribution in [-0.2, 0) is 4.79 Å². The second kappa shape index (κ2) is 7.41. The molecule has 0 unspecified atom stereocenters. The standard InChI is InChI=1S/C23H19ClN2O3/c24-16-5-8-22(25-14-16)26-11-9-15(10-12-26)23(27)28-17-6-7-21-19(13-17)18-3-1-2-4-20(18)29-21/h1-8,13-15H,9-12H2. The zero-order valence-corrected chi connectivity index (χ0v) is 16.4. The summed E-state index contributed by atoms with van der Waals surface area (Å²) in [5, 5.41) is 2.59. The van der Waals surface area contributed by atoms with Crippen molar-refractivity contribution in [2.45, 2.75) is 12.8 Å². The molecule has 0 radical (unpaired) electrons. The number of hydrogen-bond donors (Lipinski definition) is 0. The summed E-state index contributed by atoms with van der Waals surface area (Å²) < 4.78 is 11.5. The van der Waals surface area contributed by atoms with Gasteiger partial charge in [0.1, 0.15) is 22.7 Å². The van der Waals surface area contributed by atoms with Crippen LogP contribution in [0.1, 0.15) is 12.8 Å². The second-order valence-corrected chi connectivity index (χ2v) is 7.71. The summed E-state index contributed by atoms with van der Waals surface area (Å²) in [5.74, 6) is 1.14. The molecule has 0 bridgehead atoms. The summed E-state index contributed by atoms with van der Waals surface area (Å²) in [4.78, 5) is 19.2. The van der Waals surface area contributed by atoms with Crippen molar-refractivity contribution in [1.82, 2.24) is 4.98 Å². The van der Waals surface area contributed by atoms with Crippen LogP contribution in [0, 0.1) is 5.92 Å². The minimum Gasteiger partial charge on any atom is -0.456 e.